The SMILES string of the molecule is CC(=O)C[C@@H](c1ccccc1)c1ccccc1OCc1ccccc1. The van der Waals surface area contributed by atoms with Crippen LogP contribution in [0.4, 0.5) is 0 Å². The summed E-state index contributed by atoms with van der Waals surface area (Å²) in [6.07, 6.45) is 0.468. The number of rotatable bonds is 7. The molecule has 0 aliphatic heterocycles. The van der Waals surface area contributed by atoms with E-state index in [4.69, 9.17) is 4.74 Å². The summed E-state index contributed by atoms with van der Waals surface area (Å²) in [5.41, 5.74) is 3.31. The maximum Gasteiger partial charge on any atom is 0.130 e. The van der Waals surface area contributed by atoms with Gasteiger partial charge in [-0.1, -0.05) is 78.9 Å². The molecule has 126 valence electrons. The third-order valence-corrected chi connectivity index (χ3v) is 4.23. The van der Waals surface area contributed by atoms with Gasteiger partial charge in [0.2, 0.25) is 0 Å². The first kappa shape index (κ1) is 17.0. The van der Waals surface area contributed by atoms with Crippen LogP contribution in [0, 0.1) is 0 Å². The summed E-state index contributed by atoms with van der Waals surface area (Å²) in [5, 5.41) is 0. The predicted octanol–water partition coefficient (Wildman–Crippen LogP) is 5.38. The highest BCUT2D eigenvalue weighted by atomic mass is 16.5. The van der Waals surface area contributed by atoms with Crippen LogP contribution in [0.2, 0.25) is 0 Å². The van der Waals surface area contributed by atoms with E-state index in [1.165, 1.54) is 0 Å². The van der Waals surface area contributed by atoms with Crippen LogP contribution in [-0.2, 0) is 11.4 Å². The van der Waals surface area contributed by atoms with E-state index in [0.717, 1.165) is 22.4 Å². The molecule has 2 heteroatoms. The number of Topliss-reactive ketones (excluding diaryl/α,β-unsaturated/α-hetero) is 1. The van der Waals surface area contributed by atoms with Crippen LogP contribution in [-0.4, -0.2) is 5.78 Å². The Bertz CT molecular complexity index is 810. The largest absolute Gasteiger partial charge is 0.489 e. The molecule has 3 aromatic carbocycles. The van der Waals surface area contributed by atoms with Crippen molar-refractivity contribution in [3.8, 4) is 5.75 Å². The first-order chi connectivity index (χ1) is 12.2. The summed E-state index contributed by atoms with van der Waals surface area (Å²) >= 11 is 0. The van der Waals surface area contributed by atoms with Gasteiger partial charge in [0.25, 0.3) is 0 Å². The van der Waals surface area contributed by atoms with Gasteiger partial charge in [0.15, 0.2) is 0 Å². The zero-order valence-electron chi connectivity index (χ0n) is 14.4. The molecule has 0 aliphatic carbocycles. The Morgan fingerprint density at radius 1 is 0.840 bits per heavy atom. The standard InChI is InChI=1S/C23H22O2/c1-18(24)16-22(20-12-6-3-7-13-20)21-14-8-9-15-23(21)25-17-19-10-4-2-5-11-19/h2-15,22H,16-17H2,1H3/t22-/m0/s1. The van der Waals surface area contributed by atoms with Crippen LogP contribution in [0.15, 0.2) is 84.9 Å². The summed E-state index contributed by atoms with van der Waals surface area (Å²) in [5.74, 6) is 1.01. The Morgan fingerprint density at radius 2 is 1.44 bits per heavy atom. The zero-order chi connectivity index (χ0) is 17.5. The lowest BCUT2D eigenvalue weighted by molar-refractivity contribution is -0.117. The van der Waals surface area contributed by atoms with Crippen LogP contribution < -0.4 is 4.74 Å². The number of hydrogen-bond acceptors (Lipinski definition) is 2. The van der Waals surface area contributed by atoms with Crippen molar-refractivity contribution in [2.24, 2.45) is 0 Å². The Hall–Kier alpha value is -2.87. The molecule has 0 amide bonds. The lowest BCUT2D eigenvalue weighted by Gasteiger charge is -2.20. The third kappa shape index (κ3) is 4.57. The maximum absolute atomic E-state index is 11.9. The Kier molecular flexibility index (Phi) is 5.63. The molecule has 0 radical (unpaired) electrons. The van der Waals surface area contributed by atoms with Gasteiger partial charge in [0, 0.05) is 17.9 Å². The van der Waals surface area contributed by atoms with Crippen molar-refractivity contribution in [1.29, 1.82) is 0 Å². The second-order valence-corrected chi connectivity index (χ2v) is 6.18. The lowest BCUT2D eigenvalue weighted by atomic mass is 9.87. The van der Waals surface area contributed by atoms with Crippen molar-refractivity contribution in [3.63, 3.8) is 0 Å². The number of ketones is 1. The van der Waals surface area contributed by atoms with E-state index >= 15 is 0 Å². The lowest BCUT2D eigenvalue weighted by Crippen LogP contribution is -2.08. The van der Waals surface area contributed by atoms with E-state index in [1.54, 1.807) is 6.92 Å². The molecule has 3 rings (SSSR count). The molecule has 0 saturated heterocycles. The van der Waals surface area contributed by atoms with Gasteiger partial charge < -0.3 is 4.74 Å². The first-order valence-electron chi connectivity index (χ1n) is 8.54. The second-order valence-electron chi connectivity index (χ2n) is 6.18. The first-order valence-corrected chi connectivity index (χ1v) is 8.54. The molecule has 0 aromatic heterocycles. The highest BCUT2D eigenvalue weighted by Gasteiger charge is 2.20. The fourth-order valence-corrected chi connectivity index (χ4v) is 3.02. The Labute approximate surface area is 149 Å². The summed E-state index contributed by atoms with van der Waals surface area (Å²) in [7, 11) is 0. The number of hydrogen-bond donors (Lipinski definition) is 0. The predicted molar refractivity (Wildman–Crippen MR) is 101 cm³/mol. The van der Waals surface area contributed by atoms with Gasteiger partial charge in [0.1, 0.15) is 18.1 Å². The molecule has 0 aliphatic rings. The number of carbonyl (C=O) groups excluding carboxylic acids is 1. The highest BCUT2D eigenvalue weighted by molar-refractivity contribution is 5.77. The minimum atomic E-state index is 0.00525. The van der Waals surface area contributed by atoms with Gasteiger partial charge in [-0.2, -0.15) is 0 Å². The molecule has 3 aromatic rings. The molecular weight excluding hydrogens is 308 g/mol. The quantitative estimate of drug-likeness (QED) is 0.581. The molecule has 2 nitrogen and oxygen atoms in total. The van der Waals surface area contributed by atoms with Gasteiger partial charge in [-0.3, -0.25) is 4.79 Å². The monoisotopic (exact) mass is 330 g/mol. The minimum Gasteiger partial charge on any atom is -0.489 e. The average Bonchev–Trinajstić information content (AvgIpc) is 2.66. The number of carbonyl (C=O) groups is 1. The van der Waals surface area contributed by atoms with E-state index < -0.39 is 0 Å². The van der Waals surface area contributed by atoms with Crippen LogP contribution in [0.3, 0.4) is 0 Å². The Morgan fingerprint density at radius 3 is 2.12 bits per heavy atom. The number of ether oxygens (including phenoxy) is 1. The molecule has 0 heterocycles. The smallest absolute Gasteiger partial charge is 0.130 e. The van der Waals surface area contributed by atoms with Crippen LogP contribution >= 0.6 is 0 Å². The molecule has 0 bridgehead atoms. The van der Waals surface area contributed by atoms with E-state index in [-0.39, 0.29) is 11.7 Å². The molecule has 0 unspecified atom stereocenters. The normalized spacial score (nSPS) is 11.7. The average molecular weight is 330 g/mol. The van der Waals surface area contributed by atoms with Gasteiger partial charge >= 0.3 is 0 Å². The number of para-hydroxylation sites is 1. The fourth-order valence-electron chi connectivity index (χ4n) is 3.02. The van der Waals surface area contributed by atoms with Crippen LogP contribution in [0.5, 0.6) is 5.75 Å². The fraction of sp³-hybridized carbons (Fsp3) is 0.174. The van der Waals surface area contributed by atoms with Crippen molar-refractivity contribution in [1.82, 2.24) is 0 Å². The van der Waals surface area contributed by atoms with Crippen molar-refractivity contribution in [2.75, 3.05) is 0 Å². The zero-order valence-corrected chi connectivity index (χ0v) is 14.4. The van der Waals surface area contributed by atoms with Gasteiger partial charge in [0.05, 0.1) is 0 Å². The van der Waals surface area contributed by atoms with Crippen molar-refractivity contribution >= 4 is 5.78 Å². The Balaban J connectivity index is 1.90. The molecular formula is C23H22O2. The van der Waals surface area contributed by atoms with Gasteiger partial charge in [-0.15, -0.1) is 0 Å². The third-order valence-electron chi connectivity index (χ3n) is 4.23. The maximum atomic E-state index is 11.9. The van der Waals surface area contributed by atoms with E-state index in [0.29, 0.717) is 13.0 Å². The van der Waals surface area contributed by atoms with E-state index in [9.17, 15) is 4.79 Å². The molecule has 1 atom stereocenters. The molecule has 0 spiro atoms. The summed E-state index contributed by atoms with van der Waals surface area (Å²) in [6.45, 7) is 2.16. The van der Waals surface area contributed by atoms with Crippen molar-refractivity contribution in [2.45, 2.75) is 25.9 Å². The topological polar surface area (TPSA) is 26.3 Å². The van der Waals surface area contributed by atoms with Gasteiger partial charge in [-0.05, 0) is 24.1 Å². The van der Waals surface area contributed by atoms with Crippen molar-refractivity contribution in [3.05, 3.63) is 102 Å². The second kappa shape index (κ2) is 8.29. The number of benzene rings is 3. The molecule has 0 saturated carbocycles. The highest BCUT2D eigenvalue weighted by Crippen LogP contribution is 2.34. The van der Waals surface area contributed by atoms with Crippen LogP contribution in [0.25, 0.3) is 0 Å². The molecule has 0 fully saturated rings. The minimum absolute atomic E-state index is 0.00525. The summed E-state index contributed by atoms with van der Waals surface area (Å²) < 4.78 is 6.10. The summed E-state index contributed by atoms with van der Waals surface area (Å²) in [4.78, 5) is 11.9. The summed E-state index contributed by atoms with van der Waals surface area (Å²) in [6, 6.07) is 28.3. The molecule has 0 N–H and O–H groups in total. The van der Waals surface area contributed by atoms with Gasteiger partial charge in [-0.25, -0.2) is 0 Å². The molecule has 25 heavy (non-hydrogen) atoms. The van der Waals surface area contributed by atoms with Crippen molar-refractivity contribution < 1.29 is 9.53 Å². The van der Waals surface area contributed by atoms with E-state index in [2.05, 4.69) is 18.2 Å². The van der Waals surface area contributed by atoms with E-state index in [1.807, 2.05) is 66.7 Å². The van der Waals surface area contributed by atoms with Crippen LogP contribution in [0.1, 0.15) is 36.0 Å².